The average Bonchev–Trinajstić information content (AvgIpc) is 3.07. The van der Waals surface area contributed by atoms with E-state index in [0.717, 1.165) is 18.5 Å². The Hall–Kier alpha value is -1.40. The summed E-state index contributed by atoms with van der Waals surface area (Å²) in [5.74, 6) is 0.0985. The van der Waals surface area contributed by atoms with Crippen LogP contribution in [0.5, 0.6) is 11.5 Å². The third-order valence-electron chi connectivity index (χ3n) is 5.39. The van der Waals surface area contributed by atoms with E-state index in [-0.39, 0.29) is 33.8 Å². The molecule has 1 aromatic carbocycles. The van der Waals surface area contributed by atoms with Gasteiger partial charge >= 0.3 is 6.29 Å². The van der Waals surface area contributed by atoms with Crippen LogP contribution in [0.25, 0.3) is 0 Å². The molecular formula is C18H22ClF2NO3. The van der Waals surface area contributed by atoms with Gasteiger partial charge in [0.05, 0.1) is 5.02 Å². The van der Waals surface area contributed by atoms with E-state index >= 15 is 0 Å². The zero-order valence-electron chi connectivity index (χ0n) is 14.6. The van der Waals surface area contributed by atoms with Crippen LogP contribution >= 0.6 is 11.6 Å². The van der Waals surface area contributed by atoms with Gasteiger partial charge in [0.2, 0.25) is 0 Å². The summed E-state index contributed by atoms with van der Waals surface area (Å²) in [5.41, 5.74) is 0.604. The number of ether oxygens (including phenoxy) is 2. The quantitative estimate of drug-likeness (QED) is 0.732. The molecule has 0 spiro atoms. The number of nitrogens with zero attached hydrogens (tertiary/aromatic N) is 1. The van der Waals surface area contributed by atoms with Crippen molar-refractivity contribution in [2.24, 2.45) is 0 Å². The minimum atomic E-state index is -3.68. The Kier molecular flexibility index (Phi) is 4.71. The van der Waals surface area contributed by atoms with Crippen LogP contribution < -0.4 is 9.47 Å². The molecule has 0 N–H and O–H groups in total. The maximum atomic E-state index is 13.3. The Labute approximate surface area is 151 Å². The topological polar surface area (TPSA) is 38.8 Å². The molecule has 7 heteroatoms. The number of benzene rings is 1. The number of rotatable bonds is 1. The van der Waals surface area contributed by atoms with Crippen molar-refractivity contribution in [1.29, 1.82) is 0 Å². The number of likely N-dealkylation sites (N-methyl/N-ethyl adjacent to an activating group) is 1. The largest absolute Gasteiger partial charge is 0.586 e. The van der Waals surface area contributed by atoms with Gasteiger partial charge in [-0.1, -0.05) is 25.4 Å². The molecule has 0 aromatic heterocycles. The molecule has 2 fully saturated rings. The lowest BCUT2D eigenvalue weighted by molar-refractivity contribution is -0.286. The van der Waals surface area contributed by atoms with Crippen LogP contribution in [0, 0.1) is 0 Å². The Balaban J connectivity index is 0.000000880. The minimum Gasteiger partial charge on any atom is -0.395 e. The van der Waals surface area contributed by atoms with Gasteiger partial charge in [0.15, 0.2) is 11.5 Å². The van der Waals surface area contributed by atoms with E-state index in [0.29, 0.717) is 19.3 Å². The molecule has 138 valence electrons. The summed E-state index contributed by atoms with van der Waals surface area (Å²) in [6.45, 7) is 4.86. The number of fused-ring (bicyclic) bond motifs is 2. The fraction of sp³-hybridized carbons (Fsp3) is 0.611. The zero-order chi connectivity index (χ0) is 18.4. The Morgan fingerprint density at radius 3 is 2.68 bits per heavy atom. The molecule has 2 aliphatic heterocycles. The van der Waals surface area contributed by atoms with Crippen molar-refractivity contribution in [1.82, 2.24) is 4.90 Å². The normalized spacial score (nSPS) is 29.8. The van der Waals surface area contributed by atoms with Crippen LogP contribution in [-0.2, 0) is 10.2 Å². The van der Waals surface area contributed by atoms with Crippen molar-refractivity contribution in [3.63, 3.8) is 0 Å². The highest BCUT2D eigenvalue weighted by atomic mass is 35.5. The number of hydrogen-bond donors (Lipinski definition) is 0. The SMILES string of the molecule is CC.CN1CC[C@]2(c3cc(Cl)c4c(c3)OC(F)(F)O4)CCC(=O)CC12. The summed E-state index contributed by atoms with van der Waals surface area (Å²) in [4.78, 5) is 14.0. The number of halogens is 3. The summed E-state index contributed by atoms with van der Waals surface area (Å²) >= 11 is 6.15. The summed E-state index contributed by atoms with van der Waals surface area (Å²) in [5, 5.41) is 0.120. The Morgan fingerprint density at radius 1 is 1.24 bits per heavy atom. The number of carbonyl (C=O) groups is 1. The van der Waals surface area contributed by atoms with Crippen LogP contribution in [0.1, 0.15) is 45.1 Å². The van der Waals surface area contributed by atoms with Crippen LogP contribution in [0.4, 0.5) is 8.78 Å². The smallest absolute Gasteiger partial charge is 0.395 e. The molecule has 2 atom stereocenters. The first-order valence-electron chi connectivity index (χ1n) is 8.63. The van der Waals surface area contributed by atoms with Gasteiger partial charge in [-0.15, -0.1) is 8.78 Å². The number of carbonyl (C=O) groups excluding carboxylic acids is 1. The van der Waals surface area contributed by atoms with Gasteiger partial charge in [0, 0.05) is 24.3 Å². The molecule has 3 aliphatic rings. The number of alkyl halides is 2. The first-order valence-corrected chi connectivity index (χ1v) is 9.00. The van der Waals surface area contributed by atoms with Gasteiger partial charge in [-0.3, -0.25) is 4.79 Å². The molecule has 1 aromatic rings. The second-order valence-corrected chi connectivity index (χ2v) is 7.01. The lowest BCUT2D eigenvalue weighted by atomic mass is 9.66. The molecule has 1 saturated carbocycles. The summed E-state index contributed by atoms with van der Waals surface area (Å²) in [6.07, 6.45) is -1.12. The number of ketones is 1. The molecule has 2 heterocycles. The molecule has 0 amide bonds. The summed E-state index contributed by atoms with van der Waals surface area (Å²) in [7, 11) is 1.99. The summed E-state index contributed by atoms with van der Waals surface area (Å²) < 4.78 is 35.7. The van der Waals surface area contributed by atoms with E-state index in [4.69, 9.17) is 11.6 Å². The lowest BCUT2D eigenvalue weighted by Gasteiger charge is -2.41. The fourth-order valence-corrected chi connectivity index (χ4v) is 4.47. The maximum Gasteiger partial charge on any atom is 0.586 e. The van der Waals surface area contributed by atoms with Crippen molar-refractivity contribution in [2.45, 2.75) is 57.3 Å². The van der Waals surface area contributed by atoms with Gasteiger partial charge in [0.1, 0.15) is 5.78 Å². The second kappa shape index (κ2) is 6.40. The van der Waals surface area contributed by atoms with Crippen molar-refractivity contribution < 1.29 is 23.0 Å². The van der Waals surface area contributed by atoms with Gasteiger partial charge in [-0.05, 0) is 44.1 Å². The van der Waals surface area contributed by atoms with E-state index in [9.17, 15) is 13.6 Å². The van der Waals surface area contributed by atoms with E-state index in [2.05, 4.69) is 14.4 Å². The van der Waals surface area contributed by atoms with Crippen molar-refractivity contribution in [2.75, 3.05) is 13.6 Å². The predicted molar refractivity (Wildman–Crippen MR) is 90.6 cm³/mol. The maximum absolute atomic E-state index is 13.3. The Morgan fingerprint density at radius 2 is 1.96 bits per heavy atom. The molecule has 4 rings (SSSR count). The summed E-state index contributed by atoms with van der Waals surface area (Å²) in [6, 6.07) is 3.36. The van der Waals surface area contributed by atoms with E-state index < -0.39 is 6.29 Å². The molecule has 1 aliphatic carbocycles. The van der Waals surface area contributed by atoms with Gasteiger partial charge in [0.25, 0.3) is 0 Å². The molecule has 1 unspecified atom stereocenters. The van der Waals surface area contributed by atoms with Gasteiger partial charge < -0.3 is 14.4 Å². The van der Waals surface area contributed by atoms with Crippen LogP contribution in [0.15, 0.2) is 12.1 Å². The monoisotopic (exact) mass is 373 g/mol. The fourth-order valence-electron chi connectivity index (χ4n) is 4.22. The molecule has 25 heavy (non-hydrogen) atoms. The highest BCUT2D eigenvalue weighted by Gasteiger charge is 2.52. The first-order chi connectivity index (χ1) is 11.8. The molecular weight excluding hydrogens is 352 g/mol. The van der Waals surface area contributed by atoms with Gasteiger partial charge in [-0.25, -0.2) is 0 Å². The van der Waals surface area contributed by atoms with Crippen LogP contribution in [0.2, 0.25) is 5.02 Å². The number of Topliss-reactive ketones (excluding diaryl/α,β-unsaturated/α-hetero) is 1. The second-order valence-electron chi connectivity index (χ2n) is 6.60. The number of likely N-dealkylation sites (tertiary alicyclic amines) is 1. The van der Waals surface area contributed by atoms with Crippen molar-refractivity contribution in [3.8, 4) is 11.5 Å². The highest BCUT2D eigenvalue weighted by molar-refractivity contribution is 6.32. The highest BCUT2D eigenvalue weighted by Crippen LogP contribution is 2.53. The molecule has 0 radical (unpaired) electrons. The van der Waals surface area contributed by atoms with Crippen LogP contribution in [-0.4, -0.2) is 36.6 Å². The zero-order valence-corrected chi connectivity index (χ0v) is 15.3. The van der Waals surface area contributed by atoms with Gasteiger partial charge in [-0.2, -0.15) is 0 Å². The van der Waals surface area contributed by atoms with Crippen molar-refractivity contribution in [3.05, 3.63) is 22.7 Å². The molecule has 0 bridgehead atoms. The predicted octanol–water partition coefficient (Wildman–Crippen LogP) is 4.38. The average molecular weight is 374 g/mol. The first kappa shape index (κ1) is 18.4. The molecule has 4 nitrogen and oxygen atoms in total. The van der Waals surface area contributed by atoms with Crippen LogP contribution in [0.3, 0.4) is 0 Å². The third-order valence-corrected chi connectivity index (χ3v) is 5.67. The standard InChI is InChI=1S/C16H16ClF2NO3.C2H6/c1-20-5-4-15(3-2-10(21)8-13(15)20)9-6-11(17)14-12(7-9)22-16(18,19)23-14;1-2/h6-7,13H,2-5,8H2,1H3;1-2H3/t13?,15-;/m0./s1. The lowest BCUT2D eigenvalue weighted by Crippen LogP contribution is -2.46. The number of hydrogen-bond acceptors (Lipinski definition) is 4. The van der Waals surface area contributed by atoms with E-state index in [1.54, 1.807) is 12.1 Å². The van der Waals surface area contributed by atoms with Crippen molar-refractivity contribution >= 4 is 17.4 Å². The van der Waals surface area contributed by atoms with E-state index in [1.807, 2.05) is 20.9 Å². The van der Waals surface area contributed by atoms with E-state index in [1.165, 1.54) is 0 Å². The molecule has 1 saturated heterocycles. The minimum absolute atomic E-state index is 0.0305. The Bertz CT molecular complexity index is 697. The third kappa shape index (κ3) is 2.99.